The Morgan fingerprint density at radius 1 is 1.03 bits per heavy atom. The SMILES string of the molecule is O=C(NCC#Cc1ccc(N2CCNC2=O)cc1)c1ccc(S(=O)(=O)N2CCOCC2)cc1. The Bertz CT molecular complexity index is 1180. The summed E-state index contributed by atoms with van der Waals surface area (Å²) in [5, 5.41) is 5.46. The molecule has 10 heteroatoms. The van der Waals surface area contributed by atoms with Gasteiger partial charge in [-0.25, -0.2) is 13.2 Å². The molecule has 33 heavy (non-hydrogen) atoms. The summed E-state index contributed by atoms with van der Waals surface area (Å²) < 4.78 is 31.9. The van der Waals surface area contributed by atoms with Crippen LogP contribution >= 0.6 is 0 Å². The predicted octanol–water partition coefficient (Wildman–Crippen LogP) is 1.02. The molecule has 0 unspecified atom stereocenters. The molecule has 2 aromatic carbocycles. The van der Waals surface area contributed by atoms with E-state index in [1.807, 2.05) is 24.3 Å². The highest BCUT2D eigenvalue weighted by atomic mass is 32.2. The summed E-state index contributed by atoms with van der Waals surface area (Å²) in [5.74, 6) is 5.52. The molecule has 2 fully saturated rings. The Morgan fingerprint density at radius 2 is 1.73 bits per heavy atom. The lowest BCUT2D eigenvalue weighted by atomic mass is 10.2. The van der Waals surface area contributed by atoms with Crippen molar-refractivity contribution in [1.29, 1.82) is 0 Å². The maximum atomic E-state index is 12.7. The van der Waals surface area contributed by atoms with Crippen molar-refractivity contribution in [3.05, 3.63) is 59.7 Å². The van der Waals surface area contributed by atoms with Crippen LogP contribution in [0.1, 0.15) is 15.9 Å². The molecule has 2 aliphatic heterocycles. The van der Waals surface area contributed by atoms with Gasteiger partial charge < -0.3 is 15.4 Å². The highest BCUT2D eigenvalue weighted by molar-refractivity contribution is 7.89. The number of rotatable bonds is 5. The summed E-state index contributed by atoms with van der Waals surface area (Å²) in [6.07, 6.45) is 0. The van der Waals surface area contributed by atoms with Gasteiger partial charge in [0.25, 0.3) is 5.91 Å². The molecule has 0 atom stereocenters. The van der Waals surface area contributed by atoms with Crippen molar-refractivity contribution in [1.82, 2.24) is 14.9 Å². The van der Waals surface area contributed by atoms with Crippen LogP contribution in [0, 0.1) is 11.8 Å². The van der Waals surface area contributed by atoms with E-state index in [-0.39, 0.29) is 23.4 Å². The highest BCUT2D eigenvalue weighted by Gasteiger charge is 2.26. The minimum absolute atomic E-state index is 0.108. The zero-order chi connectivity index (χ0) is 23.3. The van der Waals surface area contributed by atoms with Crippen LogP contribution in [0.25, 0.3) is 0 Å². The van der Waals surface area contributed by atoms with Crippen LogP contribution in [0.4, 0.5) is 10.5 Å². The summed E-state index contributed by atoms with van der Waals surface area (Å²) >= 11 is 0. The van der Waals surface area contributed by atoms with Crippen molar-refractivity contribution in [2.24, 2.45) is 0 Å². The number of nitrogens with zero attached hydrogens (tertiary/aromatic N) is 2. The third-order valence-electron chi connectivity index (χ3n) is 5.33. The Hall–Kier alpha value is -3.39. The van der Waals surface area contributed by atoms with Crippen LogP contribution in [-0.2, 0) is 14.8 Å². The lowest BCUT2D eigenvalue weighted by molar-refractivity contribution is 0.0730. The van der Waals surface area contributed by atoms with Crippen LogP contribution in [-0.4, -0.2) is 70.6 Å². The molecule has 2 aromatic rings. The molecule has 172 valence electrons. The van der Waals surface area contributed by atoms with Gasteiger partial charge in [-0.2, -0.15) is 4.31 Å². The minimum Gasteiger partial charge on any atom is -0.379 e. The number of amides is 3. The first-order valence-electron chi connectivity index (χ1n) is 10.6. The summed E-state index contributed by atoms with van der Waals surface area (Å²) in [6.45, 7) is 2.80. The fraction of sp³-hybridized carbons (Fsp3) is 0.304. The van der Waals surface area contributed by atoms with E-state index >= 15 is 0 Å². The van der Waals surface area contributed by atoms with E-state index in [1.54, 1.807) is 4.90 Å². The van der Waals surface area contributed by atoms with Crippen molar-refractivity contribution in [3.63, 3.8) is 0 Å². The van der Waals surface area contributed by atoms with Gasteiger partial charge >= 0.3 is 6.03 Å². The van der Waals surface area contributed by atoms with Crippen LogP contribution in [0.15, 0.2) is 53.4 Å². The second-order valence-corrected chi connectivity index (χ2v) is 9.39. The zero-order valence-electron chi connectivity index (χ0n) is 17.9. The van der Waals surface area contributed by atoms with Gasteiger partial charge in [0.1, 0.15) is 0 Å². The van der Waals surface area contributed by atoms with E-state index in [4.69, 9.17) is 4.74 Å². The summed E-state index contributed by atoms with van der Waals surface area (Å²) in [5.41, 5.74) is 1.93. The average molecular weight is 469 g/mol. The molecule has 4 rings (SSSR count). The molecule has 3 amide bonds. The molecule has 0 saturated carbocycles. The largest absolute Gasteiger partial charge is 0.379 e. The van der Waals surface area contributed by atoms with E-state index in [0.717, 1.165) is 11.3 Å². The molecule has 2 heterocycles. The Morgan fingerprint density at radius 3 is 2.36 bits per heavy atom. The summed E-state index contributed by atoms with van der Waals surface area (Å²) in [7, 11) is -3.59. The number of morpholine rings is 1. The maximum absolute atomic E-state index is 12.7. The maximum Gasteiger partial charge on any atom is 0.321 e. The molecule has 0 aliphatic carbocycles. The normalized spacial score (nSPS) is 16.6. The smallest absolute Gasteiger partial charge is 0.321 e. The first kappa shape index (κ1) is 22.8. The van der Waals surface area contributed by atoms with Gasteiger partial charge in [-0.3, -0.25) is 9.69 Å². The highest BCUT2D eigenvalue weighted by Crippen LogP contribution is 2.18. The molecule has 0 radical (unpaired) electrons. The van der Waals surface area contributed by atoms with Crippen LogP contribution in [0.5, 0.6) is 0 Å². The van der Waals surface area contributed by atoms with Gasteiger partial charge in [0, 0.05) is 43.0 Å². The molecule has 2 N–H and O–H groups in total. The lowest BCUT2D eigenvalue weighted by Gasteiger charge is -2.26. The number of carbonyl (C=O) groups excluding carboxylic acids is 2. The van der Waals surface area contributed by atoms with Gasteiger partial charge in [0.2, 0.25) is 10.0 Å². The zero-order valence-corrected chi connectivity index (χ0v) is 18.7. The number of ether oxygens (including phenoxy) is 1. The second-order valence-electron chi connectivity index (χ2n) is 7.46. The molecule has 2 aliphatic rings. The fourth-order valence-electron chi connectivity index (χ4n) is 3.53. The molecule has 0 aromatic heterocycles. The van der Waals surface area contributed by atoms with Crippen molar-refractivity contribution in [2.75, 3.05) is 50.8 Å². The average Bonchev–Trinajstić information content (AvgIpc) is 3.28. The standard InChI is InChI=1S/C23H24N4O5S/c28-22(19-5-9-21(10-6-19)33(30,31)26-14-16-32-17-15-26)24-11-1-2-18-3-7-20(8-4-18)27-13-12-25-23(27)29/h3-10H,11-17H2,(H,24,28)(H,25,29). The van der Waals surface area contributed by atoms with E-state index in [1.165, 1.54) is 28.6 Å². The monoisotopic (exact) mass is 468 g/mol. The first-order chi connectivity index (χ1) is 15.9. The van der Waals surface area contributed by atoms with E-state index in [9.17, 15) is 18.0 Å². The third-order valence-corrected chi connectivity index (χ3v) is 7.24. The third kappa shape index (κ3) is 5.34. The van der Waals surface area contributed by atoms with Crippen molar-refractivity contribution >= 4 is 27.6 Å². The first-order valence-corrected chi connectivity index (χ1v) is 12.0. The lowest BCUT2D eigenvalue weighted by Crippen LogP contribution is -2.40. The van der Waals surface area contributed by atoms with Gasteiger partial charge in [-0.05, 0) is 48.5 Å². The van der Waals surface area contributed by atoms with Gasteiger partial charge in [0.05, 0.1) is 24.7 Å². The molecule has 0 spiro atoms. The van der Waals surface area contributed by atoms with Crippen LogP contribution < -0.4 is 15.5 Å². The van der Waals surface area contributed by atoms with E-state index in [0.29, 0.717) is 45.0 Å². The number of carbonyl (C=O) groups is 2. The van der Waals surface area contributed by atoms with Crippen molar-refractivity contribution in [2.45, 2.75) is 4.90 Å². The Kier molecular flexibility index (Phi) is 6.93. The predicted molar refractivity (Wildman–Crippen MR) is 122 cm³/mol. The fourth-order valence-corrected chi connectivity index (χ4v) is 4.94. The van der Waals surface area contributed by atoms with E-state index < -0.39 is 10.0 Å². The number of nitrogens with one attached hydrogen (secondary N) is 2. The second kappa shape index (κ2) is 10.0. The summed E-state index contributed by atoms with van der Waals surface area (Å²) in [4.78, 5) is 25.9. The van der Waals surface area contributed by atoms with Crippen LogP contribution in [0.2, 0.25) is 0 Å². The number of urea groups is 1. The van der Waals surface area contributed by atoms with Crippen molar-refractivity contribution in [3.8, 4) is 11.8 Å². The Balaban J connectivity index is 1.30. The topological polar surface area (TPSA) is 108 Å². The molecule has 9 nitrogen and oxygen atoms in total. The number of benzene rings is 2. The van der Waals surface area contributed by atoms with Gasteiger partial charge in [-0.1, -0.05) is 11.8 Å². The molecular formula is C23H24N4O5S. The number of hydrogen-bond donors (Lipinski definition) is 2. The molecule has 0 bridgehead atoms. The summed E-state index contributed by atoms with van der Waals surface area (Å²) in [6, 6.07) is 13.1. The molecular weight excluding hydrogens is 444 g/mol. The van der Waals surface area contributed by atoms with Gasteiger partial charge in [-0.15, -0.1) is 0 Å². The van der Waals surface area contributed by atoms with Gasteiger partial charge in [0.15, 0.2) is 0 Å². The Labute approximate surface area is 192 Å². The van der Waals surface area contributed by atoms with E-state index in [2.05, 4.69) is 22.5 Å². The number of sulfonamides is 1. The van der Waals surface area contributed by atoms with Crippen LogP contribution in [0.3, 0.4) is 0 Å². The number of anilines is 1. The van der Waals surface area contributed by atoms with Crippen molar-refractivity contribution < 1.29 is 22.7 Å². The number of hydrogen-bond acceptors (Lipinski definition) is 5. The molecule has 2 saturated heterocycles. The quantitative estimate of drug-likeness (QED) is 0.637. The minimum atomic E-state index is -3.59.